The van der Waals surface area contributed by atoms with Gasteiger partial charge in [0.05, 0.1) is 0 Å². The average Bonchev–Trinajstić information content (AvgIpc) is 3.01. The topological polar surface area (TPSA) is 20.2 Å². The lowest BCUT2D eigenvalue weighted by atomic mass is 9.89. The Hall–Kier alpha value is 0.177. The van der Waals surface area contributed by atoms with Gasteiger partial charge in [-0.25, -0.2) is 0 Å². The largest absolute Gasteiger partial charge is 0.432 e. The summed E-state index contributed by atoms with van der Waals surface area (Å²) in [5.74, 6) is 0. The third kappa shape index (κ3) is 40.9. The average molecular weight is 721 g/mol. The second-order valence-electron chi connectivity index (χ2n) is 21.0. The fourth-order valence-electron chi connectivity index (χ4n) is 7.95. The molecule has 0 aliphatic carbocycles. The molecule has 50 heavy (non-hydrogen) atoms. The lowest BCUT2D eigenvalue weighted by molar-refractivity contribution is 0.356. The second-order valence-corrected chi connectivity index (χ2v) is 25.0. The minimum absolute atomic E-state index is 0.505. The van der Waals surface area contributed by atoms with E-state index in [4.69, 9.17) is 0 Å². The van der Waals surface area contributed by atoms with Crippen LogP contribution in [0, 0.1) is 16.2 Å². The van der Waals surface area contributed by atoms with E-state index in [1.165, 1.54) is 230 Å². The van der Waals surface area contributed by atoms with Crippen LogP contribution < -0.4 is 0 Å². The summed E-state index contributed by atoms with van der Waals surface area (Å²) in [4.78, 5) is 11.9. The Balaban J connectivity index is 4.16. The van der Waals surface area contributed by atoms with Gasteiger partial charge in [0.15, 0.2) is 8.32 Å². The molecule has 0 saturated heterocycles. The maximum Gasteiger partial charge on any atom is 0.188 e. The zero-order valence-corrected chi connectivity index (χ0v) is 37.9. The lowest BCUT2D eigenvalue weighted by Gasteiger charge is -2.25. The first-order valence-electron chi connectivity index (χ1n) is 23.3. The van der Waals surface area contributed by atoms with Crippen molar-refractivity contribution >= 4 is 8.32 Å². The van der Waals surface area contributed by atoms with E-state index in [2.05, 4.69) is 62.3 Å². The maximum absolute atomic E-state index is 11.9. The van der Waals surface area contributed by atoms with Crippen molar-refractivity contribution in [2.24, 2.45) is 16.2 Å². The predicted molar refractivity (Wildman–Crippen MR) is 233 cm³/mol. The van der Waals surface area contributed by atoms with Gasteiger partial charge in [0.2, 0.25) is 0 Å². The van der Waals surface area contributed by atoms with Crippen LogP contribution in [0.25, 0.3) is 0 Å². The smallest absolute Gasteiger partial charge is 0.188 e. The fraction of sp³-hybridized carbons (Fsp3) is 1.00. The van der Waals surface area contributed by atoms with E-state index >= 15 is 0 Å². The van der Waals surface area contributed by atoms with Crippen LogP contribution in [0.4, 0.5) is 0 Å². The van der Waals surface area contributed by atoms with Crippen LogP contribution in [-0.4, -0.2) is 13.1 Å². The molecule has 1 nitrogen and oxygen atoms in total. The van der Waals surface area contributed by atoms with Crippen LogP contribution >= 0.6 is 0 Å². The minimum Gasteiger partial charge on any atom is -0.432 e. The van der Waals surface area contributed by atoms with Gasteiger partial charge >= 0.3 is 0 Å². The van der Waals surface area contributed by atoms with Gasteiger partial charge in [0.25, 0.3) is 0 Å². The zero-order valence-electron chi connectivity index (χ0n) is 36.9. The molecule has 0 amide bonds. The summed E-state index contributed by atoms with van der Waals surface area (Å²) < 4.78 is 0. The van der Waals surface area contributed by atoms with Gasteiger partial charge in [-0.2, -0.15) is 0 Å². The molecule has 0 atom stereocenters. The molecular formula is C48H100OSi. The summed E-state index contributed by atoms with van der Waals surface area (Å²) in [6.07, 6.45) is 46.2. The molecule has 302 valence electrons. The molecule has 0 spiro atoms. The Morgan fingerprint density at radius 3 is 0.540 bits per heavy atom. The van der Waals surface area contributed by atoms with E-state index in [1.807, 2.05) is 0 Å². The molecule has 0 rings (SSSR count). The molecule has 0 heterocycles. The third-order valence-electron chi connectivity index (χ3n) is 11.5. The Bertz CT molecular complexity index is 599. The summed E-state index contributed by atoms with van der Waals surface area (Å²) in [7, 11) is -2.07. The number of unbranched alkanes of at least 4 members (excludes halogenated alkanes) is 27. The summed E-state index contributed by atoms with van der Waals surface area (Å²) >= 11 is 0. The normalized spacial score (nSPS) is 13.1. The van der Waals surface area contributed by atoms with Gasteiger partial charge in [-0.1, -0.05) is 255 Å². The van der Waals surface area contributed by atoms with Crippen molar-refractivity contribution in [1.29, 1.82) is 0 Å². The van der Waals surface area contributed by atoms with E-state index in [0.717, 1.165) is 0 Å². The van der Waals surface area contributed by atoms with Gasteiger partial charge < -0.3 is 4.80 Å². The molecule has 0 saturated carbocycles. The Kier molecular flexibility index (Phi) is 31.6. The van der Waals surface area contributed by atoms with E-state index < -0.39 is 8.32 Å². The van der Waals surface area contributed by atoms with Crippen molar-refractivity contribution in [3.05, 3.63) is 0 Å². The van der Waals surface area contributed by atoms with Gasteiger partial charge in [0, 0.05) is 0 Å². The quantitative estimate of drug-likeness (QED) is 0.0505. The highest BCUT2D eigenvalue weighted by molar-refractivity contribution is 6.72. The third-order valence-corrected chi connectivity index (χ3v) is 15.3. The first-order chi connectivity index (χ1) is 23.6. The SMILES string of the molecule is CC(C)(C)CCCCCCCCCCCC[Si](O)(CCCCCCCCCCCCC(C)(C)C)CCCCCCCCCCCCC(C)(C)C. The van der Waals surface area contributed by atoms with Gasteiger partial charge in [-0.05, 0) is 53.6 Å². The zero-order chi connectivity index (χ0) is 37.5. The second kappa shape index (κ2) is 31.5. The molecule has 1 N–H and O–H groups in total. The van der Waals surface area contributed by atoms with Crippen molar-refractivity contribution in [2.75, 3.05) is 0 Å². The van der Waals surface area contributed by atoms with Crippen molar-refractivity contribution in [2.45, 2.75) is 292 Å². The molecule has 0 aliphatic rings. The highest BCUT2D eigenvalue weighted by atomic mass is 28.4. The van der Waals surface area contributed by atoms with Gasteiger partial charge in [-0.15, -0.1) is 0 Å². The Morgan fingerprint density at radius 1 is 0.240 bits per heavy atom. The van der Waals surface area contributed by atoms with E-state index in [-0.39, 0.29) is 0 Å². The van der Waals surface area contributed by atoms with Crippen LogP contribution in [0.5, 0.6) is 0 Å². The fourth-order valence-corrected chi connectivity index (χ4v) is 11.4. The maximum atomic E-state index is 11.9. The minimum atomic E-state index is -2.07. The highest BCUT2D eigenvalue weighted by Gasteiger charge is 2.29. The van der Waals surface area contributed by atoms with Crippen molar-refractivity contribution in [3.63, 3.8) is 0 Å². The Morgan fingerprint density at radius 2 is 0.380 bits per heavy atom. The van der Waals surface area contributed by atoms with E-state index in [0.29, 0.717) is 16.2 Å². The first kappa shape index (κ1) is 50.2. The van der Waals surface area contributed by atoms with Crippen molar-refractivity contribution < 1.29 is 4.80 Å². The Labute approximate surface area is 320 Å². The molecular weight excluding hydrogens is 621 g/mol. The van der Waals surface area contributed by atoms with Crippen LogP contribution in [0.3, 0.4) is 0 Å². The number of hydrogen-bond acceptors (Lipinski definition) is 1. The van der Waals surface area contributed by atoms with Crippen molar-refractivity contribution in [1.82, 2.24) is 0 Å². The molecule has 0 aromatic carbocycles. The molecule has 0 aliphatic heterocycles. The van der Waals surface area contributed by atoms with E-state index in [1.54, 1.807) is 0 Å². The van der Waals surface area contributed by atoms with Crippen LogP contribution in [0.2, 0.25) is 18.1 Å². The summed E-state index contributed by atoms with van der Waals surface area (Å²) in [6.45, 7) is 21.3. The molecule has 0 unspecified atom stereocenters. The van der Waals surface area contributed by atoms with Crippen LogP contribution in [-0.2, 0) is 0 Å². The van der Waals surface area contributed by atoms with Gasteiger partial charge in [-0.3, -0.25) is 0 Å². The van der Waals surface area contributed by atoms with Crippen LogP contribution in [0.15, 0.2) is 0 Å². The standard InChI is InChI=1S/C48H100OSi/c1-46(2,3)40-34-28-22-16-10-13-19-25-31-37-43-50(49,44-38-32-26-20-14-11-17-23-29-35-41-47(4,5)6)45-39-33-27-21-15-12-18-24-30-36-42-48(7,8)9/h49H,10-45H2,1-9H3. The molecule has 0 aromatic rings. The van der Waals surface area contributed by atoms with Crippen LogP contribution in [0.1, 0.15) is 274 Å². The summed E-state index contributed by atoms with van der Waals surface area (Å²) in [5, 5.41) is 0. The highest BCUT2D eigenvalue weighted by Crippen LogP contribution is 2.29. The monoisotopic (exact) mass is 721 g/mol. The van der Waals surface area contributed by atoms with Crippen molar-refractivity contribution in [3.8, 4) is 0 Å². The molecule has 0 aromatic heterocycles. The first-order valence-corrected chi connectivity index (χ1v) is 25.9. The van der Waals surface area contributed by atoms with E-state index in [9.17, 15) is 4.80 Å². The summed E-state index contributed by atoms with van der Waals surface area (Å²) in [6, 6.07) is 3.56. The molecule has 0 radical (unpaired) electrons. The lowest BCUT2D eigenvalue weighted by Crippen LogP contribution is -2.34. The number of hydrogen-bond donors (Lipinski definition) is 1. The predicted octanol–water partition coefficient (Wildman–Crippen LogP) is 17.9. The molecule has 0 bridgehead atoms. The molecule has 0 fully saturated rings. The number of rotatable bonds is 36. The molecule has 2 heteroatoms. The summed E-state index contributed by atoms with van der Waals surface area (Å²) in [5.41, 5.74) is 1.52. The van der Waals surface area contributed by atoms with Gasteiger partial charge in [0.1, 0.15) is 0 Å².